The number of para-hydroxylation sites is 1. The number of phenols is 3. The molecule has 0 saturated carbocycles. The molecule has 1 heterocycles. The maximum absolute atomic E-state index is 12.6. The van der Waals surface area contributed by atoms with E-state index in [1.165, 1.54) is 17.0 Å². The number of rotatable bonds is 1. The van der Waals surface area contributed by atoms with E-state index in [4.69, 9.17) is 0 Å². The van der Waals surface area contributed by atoms with Crippen LogP contribution in [0.4, 0.5) is 5.69 Å². The molecule has 21 heavy (non-hydrogen) atoms. The number of carbonyl (C=O) groups excluding carboxylic acids is 1. The maximum Gasteiger partial charge on any atom is 0.262 e. The lowest BCUT2D eigenvalue weighted by atomic mass is 10.00. The van der Waals surface area contributed by atoms with Gasteiger partial charge >= 0.3 is 0 Å². The average molecular weight is 285 g/mol. The molecule has 5 heteroatoms. The average Bonchev–Trinajstić information content (AvgIpc) is 2.46. The van der Waals surface area contributed by atoms with E-state index in [0.29, 0.717) is 12.2 Å². The van der Waals surface area contributed by atoms with Crippen LogP contribution in [0.15, 0.2) is 36.4 Å². The molecule has 1 amide bonds. The summed E-state index contributed by atoms with van der Waals surface area (Å²) in [4.78, 5) is 14.1. The molecule has 1 aliphatic rings. The van der Waals surface area contributed by atoms with Gasteiger partial charge in [0.05, 0.1) is 11.3 Å². The van der Waals surface area contributed by atoms with E-state index in [9.17, 15) is 20.1 Å². The molecule has 3 N–H and O–H groups in total. The van der Waals surface area contributed by atoms with Gasteiger partial charge in [0.25, 0.3) is 5.91 Å². The summed E-state index contributed by atoms with van der Waals surface area (Å²) in [7, 11) is 0. The van der Waals surface area contributed by atoms with Gasteiger partial charge in [-0.2, -0.15) is 0 Å². The van der Waals surface area contributed by atoms with Gasteiger partial charge < -0.3 is 20.2 Å². The van der Waals surface area contributed by atoms with E-state index >= 15 is 0 Å². The van der Waals surface area contributed by atoms with Gasteiger partial charge in [0.15, 0.2) is 0 Å². The summed E-state index contributed by atoms with van der Waals surface area (Å²) in [6.07, 6.45) is 1.59. The van der Waals surface area contributed by atoms with Gasteiger partial charge in [-0.1, -0.05) is 12.1 Å². The van der Waals surface area contributed by atoms with Crippen LogP contribution in [-0.2, 0) is 6.42 Å². The summed E-state index contributed by atoms with van der Waals surface area (Å²) in [6, 6.07) is 9.03. The smallest absolute Gasteiger partial charge is 0.262 e. The fraction of sp³-hybridized carbons (Fsp3) is 0.188. The van der Waals surface area contributed by atoms with Gasteiger partial charge in [0, 0.05) is 12.6 Å². The molecular formula is C16H15NO4. The second kappa shape index (κ2) is 5.01. The molecule has 5 nitrogen and oxygen atoms in total. The van der Waals surface area contributed by atoms with Crippen LogP contribution in [0, 0.1) is 0 Å². The van der Waals surface area contributed by atoms with Crippen LogP contribution < -0.4 is 4.90 Å². The van der Waals surface area contributed by atoms with Crippen molar-refractivity contribution in [2.75, 3.05) is 11.4 Å². The third-order valence-electron chi connectivity index (χ3n) is 3.65. The molecule has 0 fully saturated rings. The minimum absolute atomic E-state index is 0.0545. The Morgan fingerprint density at radius 2 is 1.86 bits per heavy atom. The predicted molar refractivity (Wildman–Crippen MR) is 77.9 cm³/mol. The zero-order valence-electron chi connectivity index (χ0n) is 11.3. The highest BCUT2D eigenvalue weighted by molar-refractivity contribution is 6.09. The Balaban J connectivity index is 2.04. The van der Waals surface area contributed by atoms with E-state index in [2.05, 4.69) is 0 Å². The van der Waals surface area contributed by atoms with E-state index < -0.39 is 5.91 Å². The Morgan fingerprint density at radius 3 is 2.62 bits per heavy atom. The SMILES string of the molecule is O=C(c1ccc(O)cc1O)N1CCCc2cccc(O)c21. The summed E-state index contributed by atoms with van der Waals surface area (Å²) in [5, 5.41) is 29.2. The van der Waals surface area contributed by atoms with Crippen molar-refractivity contribution in [2.45, 2.75) is 12.8 Å². The summed E-state index contributed by atoms with van der Waals surface area (Å²) in [5.74, 6) is -0.720. The Hall–Kier alpha value is -2.69. The number of hydrogen-bond donors (Lipinski definition) is 3. The maximum atomic E-state index is 12.6. The Kier molecular flexibility index (Phi) is 3.17. The molecule has 0 atom stereocenters. The number of anilines is 1. The van der Waals surface area contributed by atoms with Gasteiger partial charge in [-0.05, 0) is 36.6 Å². The first-order valence-electron chi connectivity index (χ1n) is 6.72. The number of hydrogen-bond acceptors (Lipinski definition) is 4. The van der Waals surface area contributed by atoms with E-state index in [1.807, 2.05) is 6.07 Å². The quantitative estimate of drug-likeness (QED) is 0.751. The zero-order chi connectivity index (χ0) is 15.0. The number of aromatic hydroxyl groups is 3. The number of carbonyl (C=O) groups is 1. The normalized spacial score (nSPS) is 13.8. The molecule has 0 unspecified atom stereocenters. The van der Waals surface area contributed by atoms with Crippen molar-refractivity contribution in [1.29, 1.82) is 0 Å². The number of benzene rings is 2. The highest BCUT2D eigenvalue weighted by Gasteiger charge is 2.27. The largest absolute Gasteiger partial charge is 0.508 e. The molecule has 0 bridgehead atoms. The number of nitrogens with zero attached hydrogens (tertiary/aromatic N) is 1. The molecule has 0 aromatic heterocycles. The van der Waals surface area contributed by atoms with Crippen molar-refractivity contribution >= 4 is 11.6 Å². The van der Waals surface area contributed by atoms with Crippen molar-refractivity contribution in [3.05, 3.63) is 47.5 Å². The fourth-order valence-electron chi connectivity index (χ4n) is 2.68. The molecule has 0 saturated heterocycles. The minimum atomic E-state index is -0.394. The lowest BCUT2D eigenvalue weighted by molar-refractivity contribution is 0.0981. The summed E-state index contributed by atoms with van der Waals surface area (Å²) in [5.41, 5.74) is 1.51. The molecule has 2 aromatic carbocycles. The van der Waals surface area contributed by atoms with E-state index in [-0.39, 0.29) is 22.8 Å². The molecule has 0 radical (unpaired) electrons. The highest BCUT2D eigenvalue weighted by atomic mass is 16.3. The van der Waals surface area contributed by atoms with Crippen molar-refractivity contribution in [2.24, 2.45) is 0 Å². The predicted octanol–water partition coefficient (Wildman–Crippen LogP) is 2.40. The third-order valence-corrected chi connectivity index (χ3v) is 3.65. The Bertz CT molecular complexity index is 711. The number of fused-ring (bicyclic) bond motifs is 1. The van der Waals surface area contributed by atoms with Gasteiger partial charge in [0.2, 0.25) is 0 Å². The van der Waals surface area contributed by atoms with Gasteiger partial charge in [0.1, 0.15) is 17.2 Å². The molecule has 0 aliphatic carbocycles. The van der Waals surface area contributed by atoms with Gasteiger partial charge in [-0.3, -0.25) is 4.79 Å². The number of aryl methyl sites for hydroxylation is 1. The molecule has 108 valence electrons. The van der Waals surface area contributed by atoms with Crippen LogP contribution in [0.5, 0.6) is 17.2 Å². The van der Waals surface area contributed by atoms with Gasteiger partial charge in [-0.25, -0.2) is 0 Å². The lowest BCUT2D eigenvalue weighted by Crippen LogP contribution is -2.35. The summed E-state index contributed by atoms with van der Waals surface area (Å²) < 4.78 is 0. The van der Waals surface area contributed by atoms with Crippen LogP contribution in [-0.4, -0.2) is 27.8 Å². The Morgan fingerprint density at radius 1 is 1.05 bits per heavy atom. The summed E-state index contributed by atoms with van der Waals surface area (Å²) in [6.45, 7) is 0.476. The molecule has 0 spiro atoms. The minimum Gasteiger partial charge on any atom is -0.508 e. The Labute approximate surface area is 121 Å². The van der Waals surface area contributed by atoms with Crippen LogP contribution in [0.25, 0.3) is 0 Å². The highest BCUT2D eigenvalue weighted by Crippen LogP contribution is 2.37. The fourth-order valence-corrected chi connectivity index (χ4v) is 2.68. The van der Waals surface area contributed by atoms with Crippen LogP contribution >= 0.6 is 0 Å². The number of phenolic OH excluding ortho intramolecular Hbond substituents is 3. The molecule has 1 aliphatic heterocycles. The molecule has 3 rings (SSSR count). The summed E-state index contributed by atoms with van der Waals surface area (Å²) >= 11 is 0. The first-order chi connectivity index (χ1) is 10.1. The first kappa shape index (κ1) is 13.3. The second-order valence-electron chi connectivity index (χ2n) is 5.05. The number of amides is 1. The third kappa shape index (κ3) is 2.27. The molecular weight excluding hydrogens is 270 g/mol. The second-order valence-corrected chi connectivity index (χ2v) is 5.05. The monoisotopic (exact) mass is 285 g/mol. The van der Waals surface area contributed by atoms with Crippen LogP contribution in [0.1, 0.15) is 22.3 Å². The topological polar surface area (TPSA) is 81.0 Å². The lowest BCUT2D eigenvalue weighted by Gasteiger charge is -2.30. The standard InChI is InChI=1S/C16H15NO4/c18-11-6-7-12(14(20)9-11)16(21)17-8-2-4-10-3-1-5-13(19)15(10)17/h1,3,5-7,9,18-20H,2,4,8H2. The van der Waals surface area contributed by atoms with Crippen molar-refractivity contribution in [3.63, 3.8) is 0 Å². The first-order valence-corrected chi connectivity index (χ1v) is 6.72. The zero-order valence-corrected chi connectivity index (χ0v) is 11.3. The van der Waals surface area contributed by atoms with Crippen molar-refractivity contribution < 1.29 is 20.1 Å². The van der Waals surface area contributed by atoms with Crippen molar-refractivity contribution in [3.8, 4) is 17.2 Å². The van der Waals surface area contributed by atoms with Crippen LogP contribution in [0.2, 0.25) is 0 Å². The van der Waals surface area contributed by atoms with Gasteiger partial charge in [-0.15, -0.1) is 0 Å². The van der Waals surface area contributed by atoms with Crippen LogP contribution in [0.3, 0.4) is 0 Å². The van der Waals surface area contributed by atoms with E-state index in [1.54, 1.807) is 12.1 Å². The van der Waals surface area contributed by atoms with E-state index in [0.717, 1.165) is 24.5 Å². The van der Waals surface area contributed by atoms with Crippen molar-refractivity contribution in [1.82, 2.24) is 0 Å². The molecule has 2 aromatic rings.